The lowest BCUT2D eigenvalue weighted by atomic mass is 9.77. The summed E-state index contributed by atoms with van der Waals surface area (Å²) in [7, 11) is -0.504. The van der Waals surface area contributed by atoms with Gasteiger partial charge in [-0.2, -0.15) is 0 Å². The number of hydrogen-bond acceptors (Lipinski definition) is 3. The number of nitrogens with zero attached hydrogens (tertiary/aromatic N) is 1. The monoisotopic (exact) mass is 296 g/mol. The molecule has 20 heavy (non-hydrogen) atoms. The van der Waals surface area contributed by atoms with Gasteiger partial charge in [0.1, 0.15) is 0 Å². The number of carbonyl (C=O) groups is 1. The molecule has 2 rings (SSSR count). The highest BCUT2D eigenvalue weighted by Crippen LogP contribution is 2.44. The van der Waals surface area contributed by atoms with E-state index >= 15 is 0 Å². The molecule has 1 unspecified atom stereocenters. The Hall–Kier alpha value is -1.40. The van der Waals surface area contributed by atoms with Crippen LogP contribution in [0.25, 0.3) is 0 Å². The first-order valence-corrected chi connectivity index (χ1v) is 7.86. The standard InChI is InChI=1S/C14H20N2O3S/c1-14(2,3)12-10-8-9(20(18,19)16(4)5)6-7-11(10)15-13(12)17/h6-8,12H,1-5H3,(H,15,17). The zero-order valence-electron chi connectivity index (χ0n) is 12.4. The van der Waals surface area contributed by atoms with Gasteiger partial charge in [0.2, 0.25) is 15.9 Å². The van der Waals surface area contributed by atoms with Crippen LogP contribution in [0.3, 0.4) is 0 Å². The topological polar surface area (TPSA) is 66.5 Å². The molecule has 1 aliphatic heterocycles. The van der Waals surface area contributed by atoms with Gasteiger partial charge >= 0.3 is 0 Å². The highest BCUT2D eigenvalue weighted by atomic mass is 32.2. The van der Waals surface area contributed by atoms with Crippen molar-refractivity contribution in [1.82, 2.24) is 4.31 Å². The van der Waals surface area contributed by atoms with Crippen LogP contribution in [0.15, 0.2) is 23.1 Å². The summed E-state index contributed by atoms with van der Waals surface area (Å²) in [6, 6.07) is 4.80. The molecule has 0 spiro atoms. The molecule has 0 aromatic heterocycles. The van der Waals surface area contributed by atoms with Crippen LogP contribution in [0.5, 0.6) is 0 Å². The number of nitrogens with one attached hydrogen (secondary N) is 1. The Bertz CT molecular complexity index is 657. The third-order valence-electron chi connectivity index (χ3n) is 3.50. The van der Waals surface area contributed by atoms with Crippen LogP contribution in [0.1, 0.15) is 32.3 Å². The Morgan fingerprint density at radius 1 is 1.20 bits per heavy atom. The molecule has 0 fully saturated rings. The molecule has 1 N–H and O–H groups in total. The number of carbonyl (C=O) groups excluding carboxylic acids is 1. The minimum absolute atomic E-state index is 0.0769. The summed E-state index contributed by atoms with van der Waals surface area (Å²) in [5, 5.41) is 2.81. The van der Waals surface area contributed by atoms with Gasteiger partial charge in [-0.15, -0.1) is 0 Å². The van der Waals surface area contributed by atoms with Gasteiger partial charge in [0.05, 0.1) is 10.8 Å². The molecule has 0 radical (unpaired) electrons. The fourth-order valence-corrected chi connectivity index (χ4v) is 3.41. The van der Waals surface area contributed by atoms with Gasteiger partial charge < -0.3 is 5.32 Å². The maximum absolute atomic E-state index is 12.2. The van der Waals surface area contributed by atoms with Crippen molar-refractivity contribution in [2.75, 3.05) is 19.4 Å². The largest absolute Gasteiger partial charge is 0.325 e. The van der Waals surface area contributed by atoms with E-state index in [0.29, 0.717) is 5.69 Å². The fourth-order valence-electron chi connectivity index (χ4n) is 2.47. The third-order valence-corrected chi connectivity index (χ3v) is 5.31. The first kappa shape index (κ1) is 15.0. The van der Waals surface area contributed by atoms with Crippen LogP contribution in [0.2, 0.25) is 0 Å². The third kappa shape index (κ3) is 2.33. The lowest BCUT2D eigenvalue weighted by molar-refractivity contribution is -0.119. The summed E-state index contributed by atoms with van der Waals surface area (Å²) in [4.78, 5) is 12.3. The van der Waals surface area contributed by atoms with E-state index < -0.39 is 10.0 Å². The van der Waals surface area contributed by atoms with Crippen molar-refractivity contribution in [3.05, 3.63) is 23.8 Å². The van der Waals surface area contributed by atoms with Gasteiger partial charge in [-0.05, 0) is 29.2 Å². The van der Waals surface area contributed by atoms with Gasteiger partial charge in [0.25, 0.3) is 0 Å². The molecular formula is C14H20N2O3S. The van der Waals surface area contributed by atoms with Crippen LogP contribution < -0.4 is 5.32 Å². The number of benzene rings is 1. The SMILES string of the molecule is CN(C)S(=O)(=O)c1ccc2c(c1)C(C(C)(C)C)C(=O)N2. The number of amides is 1. The number of sulfonamides is 1. The van der Waals surface area contributed by atoms with E-state index in [1.807, 2.05) is 20.8 Å². The van der Waals surface area contributed by atoms with E-state index in [4.69, 9.17) is 0 Å². The van der Waals surface area contributed by atoms with E-state index in [1.54, 1.807) is 12.1 Å². The average molecular weight is 296 g/mol. The number of anilines is 1. The minimum atomic E-state index is -3.49. The van der Waals surface area contributed by atoms with Gasteiger partial charge in [-0.1, -0.05) is 20.8 Å². The van der Waals surface area contributed by atoms with Gasteiger partial charge in [-0.3, -0.25) is 4.79 Å². The van der Waals surface area contributed by atoms with Crippen molar-refractivity contribution in [2.45, 2.75) is 31.6 Å². The number of hydrogen-bond donors (Lipinski definition) is 1. The smallest absolute Gasteiger partial charge is 0.242 e. The van der Waals surface area contributed by atoms with E-state index in [9.17, 15) is 13.2 Å². The zero-order chi connectivity index (χ0) is 15.3. The molecule has 0 aliphatic carbocycles. The van der Waals surface area contributed by atoms with Gasteiger partial charge in [0.15, 0.2) is 0 Å². The molecule has 1 aromatic rings. The predicted molar refractivity (Wildman–Crippen MR) is 78.1 cm³/mol. The van der Waals surface area contributed by atoms with Crippen LogP contribution in [-0.2, 0) is 14.8 Å². The second-order valence-electron chi connectivity index (χ2n) is 6.32. The Morgan fingerprint density at radius 2 is 1.80 bits per heavy atom. The molecule has 110 valence electrons. The molecule has 1 heterocycles. The van der Waals surface area contributed by atoms with Gasteiger partial charge in [0, 0.05) is 19.8 Å². The lowest BCUT2D eigenvalue weighted by Crippen LogP contribution is -2.25. The lowest BCUT2D eigenvalue weighted by Gasteiger charge is -2.25. The molecule has 1 aromatic carbocycles. The molecule has 0 saturated carbocycles. The minimum Gasteiger partial charge on any atom is -0.325 e. The normalized spacial score (nSPS) is 19.1. The Labute approximate surface area is 120 Å². The van der Waals surface area contributed by atoms with Crippen molar-refractivity contribution in [1.29, 1.82) is 0 Å². The summed E-state index contributed by atoms with van der Waals surface area (Å²) in [5.41, 5.74) is 1.19. The van der Waals surface area contributed by atoms with E-state index in [2.05, 4.69) is 5.32 Å². The van der Waals surface area contributed by atoms with Crippen molar-refractivity contribution in [2.24, 2.45) is 5.41 Å². The number of fused-ring (bicyclic) bond motifs is 1. The van der Waals surface area contributed by atoms with Crippen LogP contribution in [0, 0.1) is 5.41 Å². The average Bonchev–Trinajstić information content (AvgIpc) is 2.62. The maximum Gasteiger partial charge on any atom is 0.242 e. The quantitative estimate of drug-likeness (QED) is 0.908. The van der Waals surface area contributed by atoms with Crippen LogP contribution in [0.4, 0.5) is 5.69 Å². The van der Waals surface area contributed by atoms with E-state index in [0.717, 1.165) is 5.56 Å². The number of rotatable bonds is 2. The molecule has 1 amide bonds. The van der Waals surface area contributed by atoms with Crippen molar-refractivity contribution < 1.29 is 13.2 Å². The van der Waals surface area contributed by atoms with Gasteiger partial charge in [-0.25, -0.2) is 12.7 Å². The van der Waals surface area contributed by atoms with Crippen LogP contribution in [-0.4, -0.2) is 32.7 Å². The first-order valence-electron chi connectivity index (χ1n) is 6.42. The summed E-state index contributed by atoms with van der Waals surface area (Å²) >= 11 is 0. The summed E-state index contributed by atoms with van der Waals surface area (Å²) in [6.45, 7) is 5.92. The molecule has 6 heteroatoms. The second kappa shape index (κ2) is 4.56. The Balaban J connectivity index is 2.58. The van der Waals surface area contributed by atoms with E-state index in [-0.39, 0.29) is 22.1 Å². The molecule has 5 nitrogen and oxygen atoms in total. The second-order valence-corrected chi connectivity index (χ2v) is 8.48. The summed E-state index contributed by atoms with van der Waals surface area (Å²) in [5.74, 6) is -0.415. The van der Waals surface area contributed by atoms with Crippen LogP contribution >= 0.6 is 0 Å². The summed E-state index contributed by atoms with van der Waals surface area (Å²) < 4.78 is 25.6. The molecule has 1 atom stereocenters. The highest BCUT2D eigenvalue weighted by Gasteiger charge is 2.39. The highest BCUT2D eigenvalue weighted by molar-refractivity contribution is 7.89. The maximum atomic E-state index is 12.2. The van der Waals surface area contributed by atoms with Crippen molar-refractivity contribution in [3.8, 4) is 0 Å². The predicted octanol–water partition coefficient (Wildman–Crippen LogP) is 2.02. The molecule has 1 aliphatic rings. The molecule has 0 bridgehead atoms. The van der Waals surface area contributed by atoms with E-state index in [1.165, 1.54) is 24.5 Å². The molecular weight excluding hydrogens is 276 g/mol. The molecule has 0 saturated heterocycles. The Morgan fingerprint density at radius 3 is 2.30 bits per heavy atom. The van der Waals surface area contributed by atoms with Crippen molar-refractivity contribution >= 4 is 21.6 Å². The Kier molecular flexibility index (Phi) is 3.42. The summed E-state index contributed by atoms with van der Waals surface area (Å²) in [6.07, 6.45) is 0. The van der Waals surface area contributed by atoms with Crippen molar-refractivity contribution in [3.63, 3.8) is 0 Å². The first-order chi connectivity index (χ1) is 9.05. The fraction of sp³-hybridized carbons (Fsp3) is 0.500. The zero-order valence-corrected chi connectivity index (χ0v) is 13.2.